The normalized spacial score (nSPS) is 23.7. The molecule has 1 aliphatic rings. The smallest absolute Gasteiger partial charge is 0.317 e. The van der Waals surface area contributed by atoms with Gasteiger partial charge in [-0.2, -0.15) is 0 Å². The van der Waals surface area contributed by atoms with Crippen molar-refractivity contribution in [3.05, 3.63) is 0 Å². The zero-order valence-corrected chi connectivity index (χ0v) is 10.1. The molecule has 0 radical (unpaired) electrons. The molecule has 2 unspecified atom stereocenters. The number of aliphatic hydroxyl groups is 1. The van der Waals surface area contributed by atoms with Crippen molar-refractivity contribution in [1.29, 1.82) is 0 Å². The van der Waals surface area contributed by atoms with E-state index in [1.807, 2.05) is 11.8 Å². The second-order valence-electron chi connectivity index (χ2n) is 4.54. The maximum atomic E-state index is 10.6. The molecule has 2 N–H and O–H groups in total. The number of carboxylic acids is 1. The van der Waals surface area contributed by atoms with Gasteiger partial charge in [-0.25, -0.2) is 0 Å². The molecule has 1 saturated heterocycles. The molecule has 16 heavy (non-hydrogen) atoms. The first kappa shape index (κ1) is 13.4. The average Bonchev–Trinajstić information content (AvgIpc) is 2.41. The second kappa shape index (κ2) is 6.18. The minimum absolute atomic E-state index is 0.122. The molecule has 1 aliphatic heterocycles. The Bertz CT molecular complexity index is 233. The summed E-state index contributed by atoms with van der Waals surface area (Å²) < 4.78 is 0. The number of carbonyl (C=O) groups is 1. The molecular formula is C11H22N2O3. The van der Waals surface area contributed by atoms with E-state index in [0.717, 1.165) is 32.6 Å². The van der Waals surface area contributed by atoms with Gasteiger partial charge in [0.25, 0.3) is 0 Å². The van der Waals surface area contributed by atoms with Crippen molar-refractivity contribution < 1.29 is 15.0 Å². The number of nitrogens with zero attached hydrogens (tertiary/aromatic N) is 2. The summed E-state index contributed by atoms with van der Waals surface area (Å²) in [6.07, 6.45) is 0.621. The standard InChI is InChI=1S/C11H22N2O3/c1-9(10(2)14)13-5-3-4-12(6-7-13)8-11(15)16/h9-10,14H,3-8H2,1-2H3,(H,15,16). The van der Waals surface area contributed by atoms with Crippen LogP contribution in [0, 0.1) is 0 Å². The highest BCUT2D eigenvalue weighted by atomic mass is 16.4. The van der Waals surface area contributed by atoms with Crippen LogP contribution >= 0.6 is 0 Å². The van der Waals surface area contributed by atoms with Crippen molar-refractivity contribution in [2.24, 2.45) is 0 Å². The van der Waals surface area contributed by atoms with Gasteiger partial charge in [0.2, 0.25) is 0 Å². The van der Waals surface area contributed by atoms with E-state index >= 15 is 0 Å². The lowest BCUT2D eigenvalue weighted by molar-refractivity contribution is -0.138. The van der Waals surface area contributed by atoms with Crippen LogP contribution in [0.5, 0.6) is 0 Å². The quantitative estimate of drug-likeness (QED) is 0.703. The molecule has 0 aliphatic carbocycles. The molecule has 1 heterocycles. The largest absolute Gasteiger partial charge is 0.480 e. The fourth-order valence-electron chi connectivity index (χ4n) is 2.05. The summed E-state index contributed by atoms with van der Waals surface area (Å²) in [5, 5.41) is 18.3. The van der Waals surface area contributed by atoms with E-state index in [1.54, 1.807) is 6.92 Å². The van der Waals surface area contributed by atoms with Crippen LogP contribution in [0.1, 0.15) is 20.3 Å². The Balaban J connectivity index is 2.42. The third-order valence-corrected chi connectivity index (χ3v) is 3.26. The van der Waals surface area contributed by atoms with E-state index in [2.05, 4.69) is 4.90 Å². The molecule has 2 atom stereocenters. The van der Waals surface area contributed by atoms with E-state index in [9.17, 15) is 9.90 Å². The van der Waals surface area contributed by atoms with Crippen LogP contribution in [0.2, 0.25) is 0 Å². The second-order valence-corrected chi connectivity index (χ2v) is 4.54. The van der Waals surface area contributed by atoms with Gasteiger partial charge in [-0.1, -0.05) is 0 Å². The maximum Gasteiger partial charge on any atom is 0.317 e. The summed E-state index contributed by atoms with van der Waals surface area (Å²) in [7, 11) is 0. The molecule has 5 nitrogen and oxygen atoms in total. The Morgan fingerprint density at radius 1 is 1.25 bits per heavy atom. The Labute approximate surface area is 96.7 Å². The van der Waals surface area contributed by atoms with Crippen molar-refractivity contribution in [3.63, 3.8) is 0 Å². The molecule has 0 aromatic carbocycles. The molecule has 0 spiro atoms. The first-order valence-electron chi connectivity index (χ1n) is 5.87. The molecule has 94 valence electrons. The molecule has 0 bridgehead atoms. The van der Waals surface area contributed by atoms with Gasteiger partial charge in [-0.05, 0) is 26.8 Å². The van der Waals surface area contributed by atoms with Crippen LogP contribution in [0.3, 0.4) is 0 Å². The van der Waals surface area contributed by atoms with E-state index < -0.39 is 5.97 Å². The molecule has 0 saturated carbocycles. The number of rotatable bonds is 4. The molecule has 1 rings (SSSR count). The summed E-state index contributed by atoms with van der Waals surface area (Å²) in [4.78, 5) is 14.8. The molecule has 5 heteroatoms. The van der Waals surface area contributed by atoms with E-state index in [4.69, 9.17) is 5.11 Å². The Hall–Kier alpha value is -0.650. The summed E-state index contributed by atoms with van der Waals surface area (Å²) in [5.74, 6) is -0.767. The molecule has 1 fully saturated rings. The Kier molecular flexibility index (Phi) is 5.18. The molecule has 0 aromatic rings. The SMILES string of the molecule is CC(O)C(C)N1CCCN(CC(=O)O)CC1. The molecule has 0 amide bonds. The summed E-state index contributed by atoms with van der Waals surface area (Å²) in [6, 6.07) is 0.143. The highest BCUT2D eigenvalue weighted by molar-refractivity contribution is 5.69. The van der Waals surface area contributed by atoms with Gasteiger partial charge >= 0.3 is 5.97 Å². The van der Waals surface area contributed by atoms with Gasteiger partial charge in [0, 0.05) is 25.7 Å². The van der Waals surface area contributed by atoms with E-state index in [0.29, 0.717) is 0 Å². The average molecular weight is 230 g/mol. The topological polar surface area (TPSA) is 64.0 Å². The van der Waals surface area contributed by atoms with Crippen molar-refractivity contribution >= 4 is 5.97 Å². The van der Waals surface area contributed by atoms with Crippen LogP contribution in [0.25, 0.3) is 0 Å². The Morgan fingerprint density at radius 3 is 2.50 bits per heavy atom. The van der Waals surface area contributed by atoms with Crippen molar-refractivity contribution in [1.82, 2.24) is 9.80 Å². The lowest BCUT2D eigenvalue weighted by Crippen LogP contribution is -2.42. The fourth-order valence-corrected chi connectivity index (χ4v) is 2.05. The van der Waals surface area contributed by atoms with Crippen LogP contribution in [-0.2, 0) is 4.79 Å². The first-order chi connectivity index (χ1) is 7.50. The third-order valence-electron chi connectivity index (χ3n) is 3.26. The Morgan fingerprint density at radius 2 is 1.94 bits per heavy atom. The van der Waals surface area contributed by atoms with Gasteiger partial charge in [0.05, 0.1) is 12.6 Å². The number of carboxylic acid groups (broad SMARTS) is 1. The molecular weight excluding hydrogens is 208 g/mol. The van der Waals surface area contributed by atoms with Crippen molar-refractivity contribution in [2.45, 2.75) is 32.4 Å². The van der Waals surface area contributed by atoms with Crippen LogP contribution in [-0.4, -0.2) is 70.9 Å². The monoisotopic (exact) mass is 230 g/mol. The lowest BCUT2D eigenvalue weighted by atomic mass is 10.2. The van der Waals surface area contributed by atoms with E-state index in [-0.39, 0.29) is 18.7 Å². The zero-order chi connectivity index (χ0) is 12.1. The van der Waals surface area contributed by atoms with Crippen LogP contribution in [0.15, 0.2) is 0 Å². The van der Waals surface area contributed by atoms with Gasteiger partial charge < -0.3 is 10.2 Å². The predicted molar refractivity (Wildman–Crippen MR) is 61.4 cm³/mol. The summed E-state index contributed by atoms with van der Waals surface area (Å²) >= 11 is 0. The van der Waals surface area contributed by atoms with Crippen molar-refractivity contribution in [2.75, 3.05) is 32.7 Å². The van der Waals surface area contributed by atoms with Crippen LogP contribution < -0.4 is 0 Å². The molecule has 0 aromatic heterocycles. The highest BCUT2D eigenvalue weighted by Crippen LogP contribution is 2.09. The summed E-state index contributed by atoms with van der Waals surface area (Å²) in [6.45, 7) is 7.29. The zero-order valence-electron chi connectivity index (χ0n) is 10.1. The number of aliphatic hydroxyl groups excluding tert-OH is 1. The van der Waals surface area contributed by atoms with Gasteiger partial charge in [-0.15, -0.1) is 0 Å². The number of aliphatic carboxylic acids is 1. The number of hydrogen-bond donors (Lipinski definition) is 2. The van der Waals surface area contributed by atoms with Gasteiger partial charge in [0.15, 0.2) is 0 Å². The minimum Gasteiger partial charge on any atom is -0.480 e. The van der Waals surface area contributed by atoms with Gasteiger partial charge in [0.1, 0.15) is 0 Å². The predicted octanol–water partition coefficient (Wildman–Crippen LogP) is -0.152. The van der Waals surface area contributed by atoms with Crippen LogP contribution in [0.4, 0.5) is 0 Å². The third kappa shape index (κ3) is 4.08. The fraction of sp³-hybridized carbons (Fsp3) is 0.909. The lowest BCUT2D eigenvalue weighted by Gasteiger charge is -2.29. The summed E-state index contributed by atoms with van der Waals surface area (Å²) in [5.41, 5.74) is 0. The number of hydrogen-bond acceptors (Lipinski definition) is 4. The maximum absolute atomic E-state index is 10.6. The van der Waals surface area contributed by atoms with Crippen molar-refractivity contribution in [3.8, 4) is 0 Å². The highest BCUT2D eigenvalue weighted by Gasteiger charge is 2.22. The van der Waals surface area contributed by atoms with Gasteiger partial charge in [-0.3, -0.25) is 14.6 Å². The van der Waals surface area contributed by atoms with E-state index in [1.165, 1.54) is 0 Å². The minimum atomic E-state index is -0.767. The first-order valence-corrected chi connectivity index (χ1v) is 5.87.